The van der Waals surface area contributed by atoms with Gasteiger partial charge in [0, 0.05) is 25.9 Å². The number of carbonyl (C=O) groups is 3. The number of ether oxygens (including phenoxy) is 1. The fourth-order valence-electron chi connectivity index (χ4n) is 5.06. The lowest BCUT2D eigenvalue weighted by Gasteiger charge is -2.48. The molecule has 0 aliphatic carbocycles. The number of imidazole rings is 1. The quantitative estimate of drug-likeness (QED) is 0.594. The molecule has 3 aromatic rings. The highest BCUT2D eigenvalue weighted by Crippen LogP contribution is 2.43. The number of hydrogen-bond donors (Lipinski definition) is 1. The molecule has 3 heterocycles. The molecule has 1 N–H and O–H groups in total. The summed E-state index contributed by atoms with van der Waals surface area (Å²) < 4.78 is 7.21. The van der Waals surface area contributed by atoms with E-state index in [-0.39, 0.29) is 24.3 Å². The third-order valence-corrected chi connectivity index (χ3v) is 6.90. The van der Waals surface area contributed by atoms with E-state index in [0.29, 0.717) is 35.7 Å². The van der Waals surface area contributed by atoms with Crippen LogP contribution in [0.1, 0.15) is 47.6 Å². The number of anilines is 1. The molecule has 5 rings (SSSR count). The number of fused-ring (bicyclic) bond motifs is 3. The first-order chi connectivity index (χ1) is 16.8. The highest BCUT2D eigenvalue weighted by atomic mass is 16.5. The zero-order chi connectivity index (χ0) is 24.7. The van der Waals surface area contributed by atoms with Crippen molar-refractivity contribution in [3.05, 3.63) is 77.9 Å². The van der Waals surface area contributed by atoms with E-state index in [9.17, 15) is 14.4 Å². The number of para-hydroxylation sites is 1. The van der Waals surface area contributed by atoms with Crippen LogP contribution in [0.5, 0.6) is 5.75 Å². The van der Waals surface area contributed by atoms with Crippen molar-refractivity contribution < 1.29 is 19.1 Å². The average Bonchev–Trinajstić information content (AvgIpc) is 3.43. The molecular formula is C26H27N5O4. The highest BCUT2D eigenvalue weighted by molar-refractivity contribution is 6.11. The smallest absolute Gasteiger partial charge is 0.258 e. The summed E-state index contributed by atoms with van der Waals surface area (Å²) in [6.07, 6.45) is 4.25. The summed E-state index contributed by atoms with van der Waals surface area (Å²) in [4.78, 5) is 47.4. The molecule has 0 radical (unpaired) electrons. The molecular weight excluding hydrogens is 446 g/mol. The molecule has 180 valence electrons. The Morgan fingerprint density at radius 2 is 2.00 bits per heavy atom. The lowest BCUT2D eigenvalue weighted by Crippen LogP contribution is -2.64. The van der Waals surface area contributed by atoms with Gasteiger partial charge in [-0.3, -0.25) is 19.3 Å². The topological polar surface area (TPSA) is 96.8 Å². The number of nitrogens with one attached hydrogen (secondary N) is 1. The van der Waals surface area contributed by atoms with Crippen molar-refractivity contribution in [2.24, 2.45) is 7.05 Å². The second-order valence-electron chi connectivity index (χ2n) is 9.03. The van der Waals surface area contributed by atoms with Crippen molar-refractivity contribution in [2.75, 3.05) is 18.6 Å². The van der Waals surface area contributed by atoms with Crippen LogP contribution in [0.4, 0.5) is 5.69 Å². The fraction of sp³-hybridized carbons (Fsp3) is 0.308. The SMILES string of the molecule is COc1cccc(C(NC(=O)CN2C(=O)c3ccccc3N3C(=O)CCC23C)c2nccn2C)c1. The van der Waals surface area contributed by atoms with E-state index in [2.05, 4.69) is 10.3 Å². The third-order valence-electron chi connectivity index (χ3n) is 6.90. The van der Waals surface area contributed by atoms with E-state index >= 15 is 0 Å². The maximum absolute atomic E-state index is 13.5. The predicted octanol–water partition coefficient (Wildman–Crippen LogP) is 2.63. The van der Waals surface area contributed by atoms with Gasteiger partial charge in [-0.2, -0.15) is 0 Å². The number of aryl methyl sites for hydroxylation is 1. The minimum atomic E-state index is -0.908. The minimum Gasteiger partial charge on any atom is -0.497 e. The van der Waals surface area contributed by atoms with E-state index in [1.54, 1.807) is 36.4 Å². The Kier molecular flexibility index (Phi) is 5.55. The van der Waals surface area contributed by atoms with Crippen molar-refractivity contribution in [3.8, 4) is 5.75 Å². The lowest BCUT2D eigenvalue weighted by atomic mass is 9.98. The van der Waals surface area contributed by atoms with Crippen molar-refractivity contribution in [1.82, 2.24) is 19.8 Å². The van der Waals surface area contributed by atoms with Crippen LogP contribution >= 0.6 is 0 Å². The summed E-state index contributed by atoms with van der Waals surface area (Å²) in [7, 11) is 3.44. The largest absolute Gasteiger partial charge is 0.497 e. The molecule has 35 heavy (non-hydrogen) atoms. The molecule has 0 saturated carbocycles. The fourth-order valence-corrected chi connectivity index (χ4v) is 5.06. The number of hydrogen-bond acceptors (Lipinski definition) is 5. The van der Waals surface area contributed by atoms with Gasteiger partial charge in [0.1, 0.15) is 29.8 Å². The van der Waals surface area contributed by atoms with Crippen molar-refractivity contribution in [3.63, 3.8) is 0 Å². The second-order valence-corrected chi connectivity index (χ2v) is 9.03. The number of rotatable bonds is 6. The van der Waals surface area contributed by atoms with Gasteiger partial charge >= 0.3 is 0 Å². The monoisotopic (exact) mass is 473 g/mol. The number of amides is 3. The Labute approximate surface area is 203 Å². The number of nitrogens with zero attached hydrogens (tertiary/aromatic N) is 4. The van der Waals surface area contributed by atoms with Gasteiger partial charge in [-0.25, -0.2) is 4.98 Å². The van der Waals surface area contributed by atoms with Crippen molar-refractivity contribution >= 4 is 23.4 Å². The Bertz CT molecular complexity index is 1320. The number of methoxy groups -OCH3 is 1. The molecule has 2 aliphatic heterocycles. The minimum absolute atomic E-state index is 0.0554. The lowest BCUT2D eigenvalue weighted by molar-refractivity contribution is -0.124. The molecule has 2 aliphatic rings. The van der Waals surface area contributed by atoms with Crippen LogP contribution in [0.2, 0.25) is 0 Å². The molecule has 9 nitrogen and oxygen atoms in total. The molecule has 9 heteroatoms. The average molecular weight is 474 g/mol. The van der Waals surface area contributed by atoms with Gasteiger partial charge in [0.05, 0.1) is 18.4 Å². The Morgan fingerprint density at radius 1 is 1.20 bits per heavy atom. The van der Waals surface area contributed by atoms with Crippen LogP contribution in [-0.2, 0) is 16.6 Å². The van der Waals surface area contributed by atoms with Gasteiger partial charge in [0.2, 0.25) is 11.8 Å². The van der Waals surface area contributed by atoms with Crippen LogP contribution in [0, 0.1) is 0 Å². The zero-order valence-corrected chi connectivity index (χ0v) is 19.9. The van der Waals surface area contributed by atoms with Crippen molar-refractivity contribution in [2.45, 2.75) is 31.5 Å². The van der Waals surface area contributed by atoms with Crippen LogP contribution in [0.25, 0.3) is 0 Å². The first kappa shape index (κ1) is 22.6. The maximum atomic E-state index is 13.5. The van der Waals surface area contributed by atoms with Gasteiger partial charge in [0.15, 0.2) is 0 Å². The highest BCUT2D eigenvalue weighted by Gasteiger charge is 2.53. The molecule has 1 aromatic heterocycles. The van der Waals surface area contributed by atoms with Gasteiger partial charge in [-0.1, -0.05) is 24.3 Å². The molecule has 2 aromatic carbocycles. The van der Waals surface area contributed by atoms with Crippen LogP contribution in [0.15, 0.2) is 60.9 Å². The first-order valence-electron chi connectivity index (χ1n) is 11.5. The summed E-state index contributed by atoms with van der Waals surface area (Å²) in [5, 5.41) is 3.05. The predicted molar refractivity (Wildman–Crippen MR) is 129 cm³/mol. The van der Waals surface area contributed by atoms with E-state index in [4.69, 9.17) is 4.74 Å². The van der Waals surface area contributed by atoms with Crippen LogP contribution in [0.3, 0.4) is 0 Å². The van der Waals surface area contributed by atoms with E-state index < -0.39 is 11.7 Å². The standard InChI is InChI=1S/C26H27N5O4/c1-26-12-11-22(33)31(26)20-10-5-4-9-19(20)25(34)30(26)16-21(32)28-23(24-27-13-14-29(24)2)17-7-6-8-18(15-17)35-3/h4-10,13-15,23H,11-12,16H2,1-3H3,(H,28,32). The molecule has 0 bridgehead atoms. The Balaban J connectivity index is 1.46. The number of aromatic nitrogens is 2. The van der Waals surface area contributed by atoms with Crippen LogP contribution < -0.4 is 15.0 Å². The molecule has 3 amide bonds. The first-order valence-corrected chi connectivity index (χ1v) is 11.5. The molecule has 1 fully saturated rings. The summed E-state index contributed by atoms with van der Waals surface area (Å²) in [6, 6.07) is 13.9. The number of carbonyl (C=O) groups excluding carboxylic acids is 3. The second kappa shape index (κ2) is 8.57. The summed E-state index contributed by atoms with van der Waals surface area (Å²) >= 11 is 0. The van der Waals surface area contributed by atoms with E-state index in [1.165, 1.54) is 4.90 Å². The van der Waals surface area contributed by atoms with Gasteiger partial charge < -0.3 is 19.5 Å². The molecule has 1 saturated heterocycles. The van der Waals surface area contributed by atoms with Crippen LogP contribution in [-0.4, -0.2) is 51.5 Å². The Morgan fingerprint density at radius 3 is 2.74 bits per heavy atom. The van der Waals surface area contributed by atoms with Crippen molar-refractivity contribution in [1.29, 1.82) is 0 Å². The normalized spacial score (nSPS) is 19.9. The molecule has 2 atom stereocenters. The van der Waals surface area contributed by atoms with Gasteiger partial charge in [-0.05, 0) is 43.2 Å². The Hall–Kier alpha value is -4.14. The number of benzene rings is 2. The van der Waals surface area contributed by atoms with E-state index in [1.807, 2.05) is 55.1 Å². The third kappa shape index (κ3) is 3.73. The molecule has 2 unspecified atom stereocenters. The summed E-state index contributed by atoms with van der Waals surface area (Å²) in [5.41, 5.74) is 0.906. The van der Waals surface area contributed by atoms with Gasteiger partial charge in [0.25, 0.3) is 5.91 Å². The zero-order valence-electron chi connectivity index (χ0n) is 19.9. The summed E-state index contributed by atoms with van der Waals surface area (Å²) in [6.45, 7) is 1.65. The van der Waals surface area contributed by atoms with Gasteiger partial charge in [-0.15, -0.1) is 0 Å². The maximum Gasteiger partial charge on any atom is 0.258 e. The van der Waals surface area contributed by atoms with E-state index in [0.717, 1.165) is 5.56 Å². The summed E-state index contributed by atoms with van der Waals surface area (Å²) in [5.74, 6) is 0.630. The molecule has 0 spiro atoms.